The molecule has 0 aliphatic carbocycles. The fraction of sp³-hybridized carbons (Fsp3) is 0.647. The van der Waals surface area contributed by atoms with E-state index in [1.54, 1.807) is 6.20 Å². The second-order valence-electron chi connectivity index (χ2n) is 6.67. The Morgan fingerprint density at radius 1 is 1.23 bits per heavy atom. The molecule has 2 saturated heterocycles. The molecule has 120 valence electrons. The van der Waals surface area contributed by atoms with Crippen LogP contribution in [0.1, 0.15) is 36.0 Å². The van der Waals surface area contributed by atoms with Gasteiger partial charge in [-0.15, -0.1) is 0 Å². The zero-order chi connectivity index (χ0) is 15.7. The van der Waals surface area contributed by atoms with Crippen LogP contribution >= 0.6 is 0 Å². The Morgan fingerprint density at radius 2 is 1.95 bits per heavy atom. The highest BCUT2D eigenvalue weighted by Gasteiger charge is 2.39. The molecule has 1 amide bonds. The summed E-state index contributed by atoms with van der Waals surface area (Å²) in [4.78, 5) is 23.9. The molecule has 0 saturated carbocycles. The Kier molecular flexibility index (Phi) is 4.34. The quantitative estimate of drug-likeness (QED) is 0.854. The minimum atomic E-state index is 0.139. The van der Waals surface area contributed by atoms with E-state index in [-0.39, 0.29) is 5.91 Å². The molecule has 1 aromatic rings. The lowest BCUT2D eigenvalue weighted by molar-refractivity contribution is 0.0665. The van der Waals surface area contributed by atoms with Gasteiger partial charge in [0.05, 0.1) is 5.56 Å². The van der Waals surface area contributed by atoms with Gasteiger partial charge in [-0.1, -0.05) is 0 Å². The third-order valence-corrected chi connectivity index (χ3v) is 5.02. The highest BCUT2D eigenvalue weighted by atomic mass is 16.2. The van der Waals surface area contributed by atoms with Crippen LogP contribution in [0.5, 0.6) is 0 Å². The molecule has 2 fully saturated rings. The Balaban J connectivity index is 1.85. The summed E-state index contributed by atoms with van der Waals surface area (Å²) in [6.45, 7) is 2.02. The lowest BCUT2D eigenvalue weighted by Gasteiger charge is -2.33. The van der Waals surface area contributed by atoms with Crippen LogP contribution < -0.4 is 4.90 Å². The molecule has 3 rings (SSSR count). The summed E-state index contributed by atoms with van der Waals surface area (Å²) < 4.78 is 0. The molecule has 2 aliphatic heterocycles. The van der Waals surface area contributed by atoms with Gasteiger partial charge in [-0.3, -0.25) is 4.79 Å². The highest BCUT2D eigenvalue weighted by molar-refractivity contribution is 5.99. The zero-order valence-corrected chi connectivity index (χ0v) is 13.8. The van der Waals surface area contributed by atoms with E-state index in [1.165, 1.54) is 12.8 Å². The van der Waals surface area contributed by atoms with Crippen molar-refractivity contribution in [1.82, 2.24) is 14.8 Å². The van der Waals surface area contributed by atoms with Crippen LogP contribution in [-0.2, 0) is 0 Å². The van der Waals surface area contributed by atoms with Crippen LogP contribution in [0.15, 0.2) is 18.3 Å². The highest BCUT2D eigenvalue weighted by Crippen LogP contribution is 2.31. The molecule has 0 N–H and O–H groups in total. The first kappa shape index (κ1) is 15.3. The third kappa shape index (κ3) is 2.70. The lowest BCUT2D eigenvalue weighted by atomic mass is 10.0. The summed E-state index contributed by atoms with van der Waals surface area (Å²) >= 11 is 0. The number of amides is 1. The number of carbonyl (C=O) groups excluding carboxylic acids is 1. The Bertz CT molecular complexity index is 545. The number of carbonyl (C=O) groups is 1. The number of anilines is 1. The van der Waals surface area contributed by atoms with Gasteiger partial charge in [0.2, 0.25) is 0 Å². The van der Waals surface area contributed by atoms with E-state index in [0.717, 1.165) is 37.3 Å². The van der Waals surface area contributed by atoms with Crippen LogP contribution in [0, 0.1) is 0 Å². The summed E-state index contributed by atoms with van der Waals surface area (Å²) in [5.41, 5.74) is 0.722. The van der Waals surface area contributed by atoms with Crippen molar-refractivity contribution < 1.29 is 4.79 Å². The van der Waals surface area contributed by atoms with E-state index in [4.69, 9.17) is 0 Å². The molecule has 0 unspecified atom stereocenters. The maximum absolute atomic E-state index is 13.1. The molecule has 0 bridgehead atoms. The average molecular weight is 302 g/mol. The minimum Gasteiger partial charge on any atom is -0.362 e. The number of rotatable bonds is 3. The molecule has 5 heteroatoms. The van der Waals surface area contributed by atoms with Gasteiger partial charge in [0.25, 0.3) is 5.91 Å². The zero-order valence-electron chi connectivity index (χ0n) is 13.8. The average Bonchev–Trinajstić information content (AvgIpc) is 3.14. The maximum atomic E-state index is 13.1. The number of pyridine rings is 1. The lowest BCUT2D eigenvalue weighted by Crippen LogP contribution is -2.47. The number of likely N-dealkylation sites (tertiary alicyclic amines) is 2. The molecule has 0 aromatic carbocycles. The minimum absolute atomic E-state index is 0.139. The van der Waals surface area contributed by atoms with Crippen molar-refractivity contribution in [3.63, 3.8) is 0 Å². The smallest absolute Gasteiger partial charge is 0.257 e. The fourth-order valence-corrected chi connectivity index (χ4v) is 3.94. The molecule has 0 radical (unpaired) electrons. The summed E-state index contributed by atoms with van der Waals surface area (Å²) in [5.74, 6) is 0.900. The van der Waals surface area contributed by atoms with Crippen LogP contribution in [0.4, 0.5) is 5.82 Å². The number of hydrogen-bond donors (Lipinski definition) is 0. The predicted octanol–water partition coefficient (Wildman–Crippen LogP) is 1.85. The van der Waals surface area contributed by atoms with Crippen LogP contribution in [-0.4, -0.2) is 67.0 Å². The van der Waals surface area contributed by atoms with Gasteiger partial charge in [0, 0.05) is 38.9 Å². The molecule has 0 spiro atoms. The topological polar surface area (TPSA) is 39.7 Å². The van der Waals surface area contributed by atoms with Crippen LogP contribution in [0.3, 0.4) is 0 Å². The molecular weight excluding hydrogens is 276 g/mol. The molecule has 5 nitrogen and oxygen atoms in total. The van der Waals surface area contributed by atoms with Gasteiger partial charge < -0.3 is 14.7 Å². The van der Waals surface area contributed by atoms with Crippen LogP contribution in [0.25, 0.3) is 0 Å². The second kappa shape index (κ2) is 6.24. The molecule has 2 aliphatic rings. The summed E-state index contributed by atoms with van der Waals surface area (Å²) in [7, 11) is 6.06. The first-order chi connectivity index (χ1) is 10.6. The second-order valence-corrected chi connectivity index (χ2v) is 6.67. The fourth-order valence-electron chi connectivity index (χ4n) is 3.94. The summed E-state index contributed by atoms with van der Waals surface area (Å²) in [5, 5.41) is 0. The molecule has 3 heterocycles. The number of hydrogen-bond acceptors (Lipinski definition) is 4. The maximum Gasteiger partial charge on any atom is 0.257 e. The van der Waals surface area contributed by atoms with E-state index in [2.05, 4.69) is 21.8 Å². The number of aromatic nitrogens is 1. The Hall–Kier alpha value is -1.62. The number of nitrogens with zero attached hydrogens (tertiary/aromatic N) is 4. The van der Waals surface area contributed by atoms with Crippen molar-refractivity contribution >= 4 is 11.7 Å². The molecular formula is C17H26N4O. The van der Waals surface area contributed by atoms with Crippen molar-refractivity contribution in [3.8, 4) is 0 Å². The van der Waals surface area contributed by atoms with Crippen molar-refractivity contribution in [1.29, 1.82) is 0 Å². The standard InChI is InChI=1S/C17H26N4O/c1-19(2)16-13(7-4-10-18-16)17(22)21-12-6-9-15(21)14-8-5-11-20(14)3/h4,7,10,14-15H,5-6,8-9,11-12H2,1-3H3/t14-,15+/m1/s1. The largest absolute Gasteiger partial charge is 0.362 e. The van der Waals surface area contributed by atoms with Gasteiger partial charge >= 0.3 is 0 Å². The van der Waals surface area contributed by atoms with Crippen molar-refractivity contribution in [2.75, 3.05) is 39.1 Å². The predicted molar refractivity (Wildman–Crippen MR) is 88.3 cm³/mol. The summed E-state index contributed by atoms with van der Waals surface area (Å²) in [6.07, 6.45) is 6.43. The van der Waals surface area contributed by atoms with E-state index < -0.39 is 0 Å². The first-order valence-corrected chi connectivity index (χ1v) is 8.23. The van der Waals surface area contributed by atoms with E-state index >= 15 is 0 Å². The van der Waals surface area contributed by atoms with Crippen molar-refractivity contribution in [2.45, 2.75) is 37.8 Å². The number of likely N-dealkylation sites (N-methyl/N-ethyl adjacent to an activating group) is 1. The van der Waals surface area contributed by atoms with Crippen molar-refractivity contribution in [2.24, 2.45) is 0 Å². The first-order valence-electron chi connectivity index (χ1n) is 8.23. The van der Waals surface area contributed by atoms with E-state index in [9.17, 15) is 4.79 Å². The van der Waals surface area contributed by atoms with Gasteiger partial charge in [-0.05, 0) is 51.4 Å². The van der Waals surface area contributed by atoms with E-state index in [1.807, 2.05) is 31.1 Å². The van der Waals surface area contributed by atoms with Gasteiger partial charge in [0.15, 0.2) is 0 Å². The molecule has 1 aromatic heterocycles. The molecule has 2 atom stereocenters. The van der Waals surface area contributed by atoms with Gasteiger partial charge in [-0.25, -0.2) is 4.98 Å². The normalized spacial score (nSPS) is 25.7. The Labute approximate surface area is 132 Å². The summed E-state index contributed by atoms with van der Waals surface area (Å²) in [6, 6.07) is 4.63. The van der Waals surface area contributed by atoms with Crippen LogP contribution in [0.2, 0.25) is 0 Å². The van der Waals surface area contributed by atoms with E-state index in [0.29, 0.717) is 12.1 Å². The van der Waals surface area contributed by atoms with Gasteiger partial charge in [0.1, 0.15) is 5.82 Å². The Morgan fingerprint density at radius 3 is 2.64 bits per heavy atom. The monoisotopic (exact) mass is 302 g/mol. The van der Waals surface area contributed by atoms with Gasteiger partial charge in [-0.2, -0.15) is 0 Å². The SMILES string of the molecule is CN(C)c1ncccc1C(=O)N1CCC[C@H]1[C@H]1CCCN1C. The third-order valence-electron chi connectivity index (χ3n) is 5.02. The van der Waals surface area contributed by atoms with Crippen molar-refractivity contribution in [3.05, 3.63) is 23.9 Å². The molecule has 22 heavy (non-hydrogen) atoms.